The van der Waals surface area contributed by atoms with Gasteiger partial charge in [0.25, 0.3) is 0 Å². The van der Waals surface area contributed by atoms with Crippen molar-refractivity contribution in [2.75, 3.05) is 12.3 Å². The molecule has 0 spiro atoms. The molecule has 8 nitrogen and oxygen atoms in total. The number of thiophene rings is 1. The maximum absolute atomic E-state index is 15.4. The number of nitrogens with zero attached hydrogens (tertiary/aromatic N) is 4. The Bertz CT molecular complexity index is 1610. The van der Waals surface area contributed by atoms with Gasteiger partial charge in [0.15, 0.2) is 9.84 Å². The van der Waals surface area contributed by atoms with Gasteiger partial charge in [-0.15, -0.1) is 11.3 Å². The maximum Gasteiger partial charge on any atom is 0.235 e. The molecule has 1 amide bonds. The number of carbonyl (C=O) groups excluding carboxylic acids is 1. The number of hydrogen-bond acceptors (Lipinski definition) is 6. The van der Waals surface area contributed by atoms with E-state index in [1.54, 1.807) is 21.8 Å². The number of sulfone groups is 1. The molecule has 13 heteroatoms. The van der Waals surface area contributed by atoms with Gasteiger partial charge in [0.2, 0.25) is 5.91 Å². The minimum Gasteiger partial charge on any atom is -0.349 e. The molecule has 3 aromatic heterocycles. The Morgan fingerprint density at radius 1 is 1.13 bits per heavy atom. The molecule has 1 aromatic carbocycles. The molecule has 1 N–H and O–H groups in total. The lowest BCUT2D eigenvalue weighted by Gasteiger charge is -2.19. The van der Waals surface area contributed by atoms with Crippen molar-refractivity contribution in [1.82, 2.24) is 24.9 Å². The van der Waals surface area contributed by atoms with E-state index in [0.29, 0.717) is 24.2 Å². The van der Waals surface area contributed by atoms with Crippen molar-refractivity contribution >= 4 is 55.9 Å². The lowest BCUT2D eigenvalue weighted by molar-refractivity contribution is -0.118. The zero-order valence-electron chi connectivity index (χ0n) is 19.9. The zero-order valence-corrected chi connectivity index (χ0v) is 23.0. The monoisotopic (exact) mass is 593 g/mol. The fraction of sp³-hybridized carbons (Fsp3) is 0.240. The number of halogens is 3. The SMILES string of the molecule is O=C(CS(=O)(=O)c1cc(Cl)c(Cl)s1)NC/C(F)=C1\CCCc2cnn(Cc3cnn(-c4ccccc4)c3)c21. The summed E-state index contributed by atoms with van der Waals surface area (Å²) in [7, 11) is -3.96. The second-order valence-corrected chi connectivity index (χ2v) is 13.0. The number of benzene rings is 1. The molecule has 3 heterocycles. The Morgan fingerprint density at radius 2 is 1.92 bits per heavy atom. The number of amides is 1. The van der Waals surface area contributed by atoms with Crippen LogP contribution in [0.25, 0.3) is 11.3 Å². The Morgan fingerprint density at radius 3 is 2.66 bits per heavy atom. The number of hydrogen-bond donors (Lipinski definition) is 1. The molecule has 0 unspecified atom stereocenters. The van der Waals surface area contributed by atoms with E-state index in [2.05, 4.69) is 15.5 Å². The number of carbonyl (C=O) groups is 1. The lowest BCUT2D eigenvalue weighted by Crippen LogP contribution is -2.31. The third-order valence-corrected chi connectivity index (χ3v) is 10.1. The first-order valence-corrected chi connectivity index (χ1v) is 14.9. The van der Waals surface area contributed by atoms with E-state index in [-0.39, 0.29) is 13.6 Å². The van der Waals surface area contributed by atoms with Gasteiger partial charge in [0, 0.05) is 17.3 Å². The van der Waals surface area contributed by atoms with Gasteiger partial charge in [0.1, 0.15) is 20.1 Å². The Labute approximate surface area is 232 Å². The van der Waals surface area contributed by atoms with Crippen molar-refractivity contribution in [2.45, 2.75) is 30.0 Å². The van der Waals surface area contributed by atoms with E-state index in [4.69, 9.17) is 23.2 Å². The Hall–Kier alpha value is -2.99. The summed E-state index contributed by atoms with van der Waals surface area (Å²) in [5.74, 6) is -2.18. The molecular formula is C25H22Cl2FN5O3S2. The van der Waals surface area contributed by atoms with Crippen molar-refractivity contribution in [3.05, 3.63) is 87.0 Å². The number of allylic oxidation sites excluding steroid dienone is 1. The van der Waals surface area contributed by atoms with Crippen molar-refractivity contribution in [2.24, 2.45) is 0 Å². The van der Waals surface area contributed by atoms with Crippen LogP contribution in [0, 0.1) is 0 Å². The van der Waals surface area contributed by atoms with Gasteiger partial charge in [-0.25, -0.2) is 17.5 Å². The summed E-state index contributed by atoms with van der Waals surface area (Å²) in [4.78, 5) is 12.4. The van der Waals surface area contributed by atoms with Gasteiger partial charge in [0.05, 0.1) is 41.9 Å². The highest BCUT2D eigenvalue weighted by atomic mass is 35.5. The summed E-state index contributed by atoms with van der Waals surface area (Å²) < 4.78 is 43.9. The highest BCUT2D eigenvalue weighted by Crippen LogP contribution is 2.35. The van der Waals surface area contributed by atoms with Crippen LogP contribution in [0.4, 0.5) is 4.39 Å². The molecule has 4 aromatic rings. The molecule has 5 rings (SSSR count). The number of rotatable bonds is 8. The van der Waals surface area contributed by atoms with Gasteiger partial charge in [-0.3, -0.25) is 9.48 Å². The summed E-state index contributed by atoms with van der Waals surface area (Å²) in [6.45, 7) is -0.0261. The number of fused-ring (bicyclic) bond motifs is 1. The Balaban J connectivity index is 1.30. The molecule has 0 saturated carbocycles. The quantitative estimate of drug-likeness (QED) is 0.307. The average molecular weight is 595 g/mol. The third-order valence-electron chi connectivity index (χ3n) is 6.08. The van der Waals surface area contributed by atoms with Gasteiger partial charge in [-0.05, 0) is 43.0 Å². The van der Waals surface area contributed by atoms with E-state index >= 15 is 4.39 Å². The van der Waals surface area contributed by atoms with E-state index in [9.17, 15) is 13.2 Å². The molecule has 0 saturated heterocycles. The first-order valence-electron chi connectivity index (χ1n) is 11.7. The molecule has 0 fully saturated rings. The predicted molar refractivity (Wildman–Crippen MR) is 145 cm³/mol. The predicted octanol–water partition coefficient (Wildman–Crippen LogP) is 5.09. The summed E-state index contributed by atoms with van der Waals surface area (Å²) in [5.41, 5.74) is 3.90. The standard InChI is InChI=1S/C25H22Cl2FN5O3S2/c26-20-9-23(37-25(20)27)38(35,36)15-22(34)29-12-21(28)19-8-4-5-17-11-31-33(24(17)19)14-16-10-30-32(13-16)18-6-2-1-3-7-18/h1-3,6-7,9-11,13H,4-5,8,12,14-15H2,(H,29,34)/b21-19-. The van der Waals surface area contributed by atoms with Crippen LogP contribution in [0.2, 0.25) is 9.36 Å². The minimum atomic E-state index is -3.96. The molecule has 0 radical (unpaired) electrons. The van der Waals surface area contributed by atoms with Crippen LogP contribution in [-0.2, 0) is 27.6 Å². The van der Waals surface area contributed by atoms with Gasteiger partial charge < -0.3 is 5.32 Å². The number of aryl methyl sites for hydroxylation is 1. The first-order chi connectivity index (χ1) is 18.2. The van der Waals surface area contributed by atoms with Crippen molar-refractivity contribution < 1.29 is 17.6 Å². The summed E-state index contributed by atoms with van der Waals surface area (Å²) in [6.07, 6.45) is 7.39. The fourth-order valence-electron chi connectivity index (χ4n) is 4.31. The minimum absolute atomic E-state index is 0.101. The third kappa shape index (κ3) is 5.70. The van der Waals surface area contributed by atoms with Crippen LogP contribution < -0.4 is 5.32 Å². The second kappa shape index (κ2) is 11.0. The number of para-hydroxylation sites is 1. The van der Waals surface area contributed by atoms with E-state index in [0.717, 1.165) is 41.0 Å². The highest BCUT2D eigenvalue weighted by Gasteiger charge is 2.26. The number of nitrogens with one attached hydrogen (secondary N) is 1. The molecule has 38 heavy (non-hydrogen) atoms. The van der Waals surface area contributed by atoms with Crippen LogP contribution in [0.15, 0.2) is 65.0 Å². The molecule has 1 aliphatic rings. The zero-order chi connectivity index (χ0) is 26.9. The van der Waals surface area contributed by atoms with Gasteiger partial charge in [-0.2, -0.15) is 10.2 Å². The molecule has 0 aliphatic heterocycles. The smallest absolute Gasteiger partial charge is 0.235 e. The number of aromatic nitrogens is 4. The van der Waals surface area contributed by atoms with Crippen LogP contribution >= 0.6 is 34.5 Å². The van der Waals surface area contributed by atoms with Crippen LogP contribution in [-0.4, -0.2) is 46.2 Å². The fourth-order valence-corrected chi connectivity index (χ4v) is 7.44. The maximum atomic E-state index is 15.4. The molecule has 1 aliphatic carbocycles. The van der Waals surface area contributed by atoms with E-state index in [1.807, 2.05) is 36.5 Å². The van der Waals surface area contributed by atoms with Gasteiger partial charge >= 0.3 is 0 Å². The topological polar surface area (TPSA) is 98.9 Å². The van der Waals surface area contributed by atoms with Gasteiger partial charge in [-0.1, -0.05) is 41.4 Å². The van der Waals surface area contributed by atoms with Crippen LogP contribution in [0.3, 0.4) is 0 Å². The lowest BCUT2D eigenvalue weighted by atomic mass is 9.92. The summed E-state index contributed by atoms with van der Waals surface area (Å²) in [6, 6.07) is 10.9. The molecular weight excluding hydrogens is 572 g/mol. The van der Waals surface area contributed by atoms with Crippen LogP contribution in [0.5, 0.6) is 0 Å². The largest absolute Gasteiger partial charge is 0.349 e. The molecule has 0 atom stereocenters. The molecule has 0 bridgehead atoms. The van der Waals surface area contributed by atoms with Crippen molar-refractivity contribution in [3.63, 3.8) is 0 Å². The first kappa shape index (κ1) is 26.6. The van der Waals surface area contributed by atoms with Crippen molar-refractivity contribution in [3.8, 4) is 5.69 Å². The average Bonchev–Trinajstić information content (AvgIpc) is 3.63. The summed E-state index contributed by atoms with van der Waals surface area (Å²) in [5, 5.41) is 11.4. The highest BCUT2D eigenvalue weighted by molar-refractivity contribution is 7.94. The van der Waals surface area contributed by atoms with Crippen molar-refractivity contribution in [1.29, 1.82) is 0 Å². The molecule has 198 valence electrons. The van der Waals surface area contributed by atoms with E-state index in [1.165, 1.54) is 6.07 Å². The second-order valence-electron chi connectivity index (χ2n) is 8.76. The van der Waals surface area contributed by atoms with Crippen LogP contribution in [0.1, 0.15) is 29.7 Å². The van der Waals surface area contributed by atoms with E-state index < -0.39 is 33.9 Å². The summed E-state index contributed by atoms with van der Waals surface area (Å²) >= 11 is 12.4. The Kier molecular flexibility index (Phi) is 7.71. The normalized spacial score (nSPS) is 14.8.